The molecule has 0 radical (unpaired) electrons. The highest BCUT2D eigenvalue weighted by molar-refractivity contribution is 5.90. The maximum atomic E-state index is 12.6. The summed E-state index contributed by atoms with van der Waals surface area (Å²) >= 11 is 0. The van der Waals surface area contributed by atoms with E-state index in [0.717, 1.165) is 33.2 Å². The van der Waals surface area contributed by atoms with Crippen LogP contribution in [0.15, 0.2) is 60.7 Å². The lowest BCUT2D eigenvalue weighted by Crippen LogP contribution is -2.28. The topological polar surface area (TPSA) is 38.3 Å². The summed E-state index contributed by atoms with van der Waals surface area (Å²) in [4.78, 5) is 12.6. The van der Waals surface area contributed by atoms with Gasteiger partial charge in [-0.25, -0.2) is 0 Å². The molecular weight excluding hydrogens is 322 g/mol. The summed E-state index contributed by atoms with van der Waals surface area (Å²) in [6.07, 6.45) is 0.363. The lowest BCUT2D eigenvalue weighted by molar-refractivity contribution is -0.121. The lowest BCUT2D eigenvalue weighted by atomic mass is 10.0. The number of hydrogen-bond acceptors (Lipinski definition) is 2. The first kappa shape index (κ1) is 18.0. The zero-order valence-electron chi connectivity index (χ0n) is 15.6. The van der Waals surface area contributed by atoms with Crippen LogP contribution in [0.1, 0.15) is 36.6 Å². The Morgan fingerprint density at radius 3 is 2.65 bits per heavy atom. The molecule has 0 spiro atoms. The highest BCUT2D eigenvalue weighted by Gasteiger charge is 2.15. The minimum atomic E-state index is -0.112. The van der Waals surface area contributed by atoms with Gasteiger partial charge in [-0.3, -0.25) is 4.79 Å². The molecule has 3 aromatic rings. The maximum Gasteiger partial charge on any atom is 0.224 e. The van der Waals surface area contributed by atoms with Crippen molar-refractivity contribution < 1.29 is 9.53 Å². The van der Waals surface area contributed by atoms with Gasteiger partial charge >= 0.3 is 0 Å². The minimum absolute atomic E-state index is 0.0119. The molecule has 1 atom stereocenters. The van der Waals surface area contributed by atoms with E-state index >= 15 is 0 Å². The number of carbonyl (C=O) groups is 1. The van der Waals surface area contributed by atoms with Gasteiger partial charge in [0, 0.05) is 5.56 Å². The fraction of sp³-hybridized carbons (Fsp3) is 0.261. The van der Waals surface area contributed by atoms with Crippen molar-refractivity contribution in [3.05, 3.63) is 77.4 Å². The van der Waals surface area contributed by atoms with E-state index in [2.05, 4.69) is 29.6 Å². The minimum Gasteiger partial charge on any atom is -0.494 e. The molecule has 0 saturated carbocycles. The summed E-state index contributed by atoms with van der Waals surface area (Å²) in [5, 5.41) is 5.40. The van der Waals surface area contributed by atoms with Crippen LogP contribution in [0.25, 0.3) is 10.8 Å². The smallest absolute Gasteiger partial charge is 0.224 e. The molecule has 3 rings (SSSR count). The Kier molecular flexibility index (Phi) is 5.57. The van der Waals surface area contributed by atoms with Crippen molar-refractivity contribution in [2.45, 2.75) is 33.2 Å². The van der Waals surface area contributed by atoms with Crippen LogP contribution in [-0.4, -0.2) is 12.5 Å². The third-order valence-electron chi connectivity index (χ3n) is 4.54. The fourth-order valence-electron chi connectivity index (χ4n) is 3.28. The van der Waals surface area contributed by atoms with E-state index in [4.69, 9.17) is 4.74 Å². The molecule has 0 aliphatic carbocycles. The number of aryl methyl sites for hydroxylation is 1. The second-order valence-corrected chi connectivity index (χ2v) is 6.58. The van der Waals surface area contributed by atoms with Gasteiger partial charge in [0.15, 0.2) is 0 Å². The van der Waals surface area contributed by atoms with Crippen LogP contribution in [0, 0.1) is 6.92 Å². The fourth-order valence-corrected chi connectivity index (χ4v) is 3.28. The van der Waals surface area contributed by atoms with Crippen LogP contribution in [-0.2, 0) is 11.2 Å². The zero-order valence-corrected chi connectivity index (χ0v) is 15.6. The van der Waals surface area contributed by atoms with Gasteiger partial charge in [-0.15, -0.1) is 0 Å². The molecule has 0 saturated heterocycles. The van der Waals surface area contributed by atoms with Crippen molar-refractivity contribution in [1.29, 1.82) is 0 Å². The zero-order chi connectivity index (χ0) is 18.5. The second-order valence-electron chi connectivity index (χ2n) is 6.58. The number of ether oxygens (including phenoxy) is 1. The van der Waals surface area contributed by atoms with Gasteiger partial charge in [-0.2, -0.15) is 0 Å². The van der Waals surface area contributed by atoms with Crippen molar-refractivity contribution in [2.24, 2.45) is 0 Å². The van der Waals surface area contributed by atoms with Crippen LogP contribution in [0.3, 0.4) is 0 Å². The van der Waals surface area contributed by atoms with Gasteiger partial charge in [0.05, 0.1) is 19.1 Å². The number of benzene rings is 3. The summed E-state index contributed by atoms with van der Waals surface area (Å²) in [6.45, 7) is 6.61. The second kappa shape index (κ2) is 8.05. The number of carbonyl (C=O) groups excluding carboxylic acids is 1. The predicted molar refractivity (Wildman–Crippen MR) is 107 cm³/mol. The molecule has 0 bridgehead atoms. The van der Waals surface area contributed by atoms with Crippen molar-refractivity contribution in [1.82, 2.24) is 5.32 Å². The lowest BCUT2D eigenvalue weighted by Gasteiger charge is -2.19. The average Bonchev–Trinajstić information content (AvgIpc) is 2.63. The Hall–Kier alpha value is -2.81. The Morgan fingerprint density at radius 1 is 1.08 bits per heavy atom. The summed E-state index contributed by atoms with van der Waals surface area (Å²) in [6, 6.07) is 20.2. The number of nitrogens with one attached hydrogen (secondary N) is 1. The molecule has 0 fully saturated rings. The van der Waals surface area contributed by atoms with Gasteiger partial charge in [0.25, 0.3) is 0 Å². The number of fused-ring (bicyclic) bond motifs is 1. The Bertz CT molecular complexity index is 912. The summed E-state index contributed by atoms with van der Waals surface area (Å²) in [7, 11) is 0. The van der Waals surface area contributed by atoms with Crippen LogP contribution in [0.4, 0.5) is 0 Å². The van der Waals surface area contributed by atoms with Crippen LogP contribution < -0.4 is 10.1 Å². The molecule has 1 unspecified atom stereocenters. The molecule has 0 aliphatic heterocycles. The first-order valence-corrected chi connectivity index (χ1v) is 9.08. The van der Waals surface area contributed by atoms with Crippen molar-refractivity contribution in [2.75, 3.05) is 6.61 Å². The largest absolute Gasteiger partial charge is 0.494 e. The molecule has 0 heterocycles. The van der Waals surface area contributed by atoms with E-state index in [1.807, 2.05) is 57.2 Å². The van der Waals surface area contributed by atoms with Gasteiger partial charge in [0.2, 0.25) is 5.91 Å². The van der Waals surface area contributed by atoms with E-state index < -0.39 is 0 Å². The molecule has 134 valence electrons. The molecule has 1 amide bonds. The molecule has 3 nitrogen and oxygen atoms in total. The molecule has 0 aromatic heterocycles. The van der Waals surface area contributed by atoms with Gasteiger partial charge in [-0.05, 0) is 43.2 Å². The van der Waals surface area contributed by atoms with Gasteiger partial charge in [-0.1, -0.05) is 60.2 Å². The maximum absolute atomic E-state index is 12.6. The van der Waals surface area contributed by atoms with Crippen LogP contribution in [0.2, 0.25) is 0 Å². The molecule has 3 heteroatoms. The van der Waals surface area contributed by atoms with Crippen LogP contribution >= 0.6 is 0 Å². The average molecular weight is 347 g/mol. The van der Waals surface area contributed by atoms with Crippen LogP contribution in [0.5, 0.6) is 5.75 Å². The normalized spacial score (nSPS) is 12.0. The predicted octanol–water partition coefficient (Wildman–Crippen LogP) is 4.97. The number of rotatable bonds is 6. The first-order chi connectivity index (χ1) is 12.6. The molecule has 3 aromatic carbocycles. The van der Waals surface area contributed by atoms with Gasteiger partial charge < -0.3 is 10.1 Å². The number of hydrogen-bond donors (Lipinski definition) is 1. The Balaban J connectivity index is 1.76. The Labute approximate surface area is 155 Å². The third-order valence-corrected chi connectivity index (χ3v) is 4.54. The van der Waals surface area contributed by atoms with Crippen molar-refractivity contribution in [3.63, 3.8) is 0 Å². The van der Waals surface area contributed by atoms with Gasteiger partial charge in [0.1, 0.15) is 5.75 Å². The van der Waals surface area contributed by atoms with E-state index in [1.165, 1.54) is 0 Å². The van der Waals surface area contributed by atoms with E-state index in [1.54, 1.807) is 0 Å². The van der Waals surface area contributed by atoms with Crippen molar-refractivity contribution >= 4 is 16.7 Å². The molecule has 0 aliphatic rings. The monoisotopic (exact) mass is 347 g/mol. The summed E-state index contributed by atoms with van der Waals surface area (Å²) in [5.41, 5.74) is 3.21. The van der Waals surface area contributed by atoms with E-state index in [0.29, 0.717) is 13.0 Å². The first-order valence-electron chi connectivity index (χ1n) is 9.08. The Morgan fingerprint density at radius 2 is 1.85 bits per heavy atom. The van der Waals surface area contributed by atoms with E-state index in [-0.39, 0.29) is 11.9 Å². The highest BCUT2D eigenvalue weighted by Crippen LogP contribution is 2.27. The molecule has 1 N–H and O–H groups in total. The molecular formula is C23H25NO2. The SMILES string of the molecule is CCOc1ccc(C)cc1C(C)NC(=O)Cc1cccc2ccccc12. The summed E-state index contributed by atoms with van der Waals surface area (Å²) in [5.74, 6) is 0.842. The quantitative estimate of drug-likeness (QED) is 0.684. The van der Waals surface area contributed by atoms with Crippen molar-refractivity contribution in [3.8, 4) is 5.75 Å². The summed E-state index contributed by atoms with van der Waals surface area (Å²) < 4.78 is 5.72. The standard InChI is InChI=1S/C23H25NO2/c1-4-26-22-13-12-16(2)14-21(22)17(3)24-23(25)15-19-10-7-9-18-8-5-6-11-20(18)19/h5-14,17H,4,15H2,1-3H3,(H,24,25). The molecule has 26 heavy (non-hydrogen) atoms. The van der Waals surface area contributed by atoms with E-state index in [9.17, 15) is 4.79 Å². The third kappa shape index (κ3) is 4.05. The highest BCUT2D eigenvalue weighted by atomic mass is 16.5. The number of amides is 1.